The molecular weight excluding hydrogens is 556 g/mol. The van der Waals surface area contributed by atoms with Gasteiger partial charge in [0.05, 0.1) is 29.0 Å². The van der Waals surface area contributed by atoms with Gasteiger partial charge in [-0.2, -0.15) is 0 Å². The van der Waals surface area contributed by atoms with Gasteiger partial charge in [-0.05, 0) is 63.1 Å². The van der Waals surface area contributed by atoms with E-state index in [-0.39, 0.29) is 41.8 Å². The van der Waals surface area contributed by atoms with Crippen molar-refractivity contribution in [2.45, 2.75) is 52.4 Å². The molecule has 4 rings (SSSR count). The Bertz CT molecular complexity index is 1540. The van der Waals surface area contributed by atoms with E-state index in [4.69, 9.17) is 22.1 Å². The van der Waals surface area contributed by atoms with Gasteiger partial charge in [-0.15, -0.1) is 0 Å². The van der Waals surface area contributed by atoms with Crippen LogP contribution in [-0.2, 0) is 9.53 Å². The van der Waals surface area contributed by atoms with Crippen LogP contribution in [0, 0.1) is 11.7 Å². The number of halogens is 3. The maximum absolute atomic E-state index is 15.0. The SMILES string of the molecule is CC(C)C(C(N)=O)n1c(-c2ccc(F)c(Cl)c2)nc2ccc(N3CCN(C(=O)OC(C)(C)C)CC(F)C3)cc2c1=O. The summed E-state index contributed by atoms with van der Waals surface area (Å²) in [5.74, 6) is -1.64. The average molecular weight is 590 g/mol. The molecule has 2 unspecified atom stereocenters. The number of benzene rings is 2. The van der Waals surface area contributed by atoms with Crippen LogP contribution >= 0.6 is 11.6 Å². The predicted molar refractivity (Wildman–Crippen MR) is 154 cm³/mol. The second kappa shape index (κ2) is 11.6. The number of aromatic nitrogens is 2. The summed E-state index contributed by atoms with van der Waals surface area (Å²) < 4.78 is 35.6. The Morgan fingerprint density at radius 2 is 1.83 bits per heavy atom. The molecule has 1 aliphatic rings. The Hall–Kier alpha value is -3.73. The van der Waals surface area contributed by atoms with Crippen molar-refractivity contribution in [2.75, 3.05) is 31.1 Å². The molecule has 1 saturated heterocycles. The van der Waals surface area contributed by atoms with Crippen molar-refractivity contribution in [3.8, 4) is 11.4 Å². The minimum atomic E-state index is -1.36. The van der Waals surface area contributed by atoms with Crippen molar-refractivity contribution in [1.82, 2.24) is 14.5 Å². The molecule has 0 radical (unpaired) electrons. The van der Waals surface area contributed by atoms with Crippen LogP contribution in [0.2, 0.25) is 5.02 Å². The summed E-state index contributed by atoms with van der Waals surface area (Å²) in [4.78, 5) is 46.9. The molecule has 2 N–H and O–H groups in total. The largest absolute Gasteiger partial charge is 0.444 e. The van der Waals surface area contributed by atoms with Crippen molar-refractivity contribution >= 4 is 40.2 Å². The Morgan fingerprint density at radius 3 is 2.44 bits per heavy atom. The van der Waals surface area contributed by atoms with Gasteiger partial charge in [0.15, 0.2) is 0 Å². The first-order valence-electron chi connectivity index (χ1n) is 13.3. The maximum atomic E-state index is 15.0. The lowest BCUT2D eigenvalue weighted by molar-refractivity contribution is -0.122. The van der Waals surface area contributed by atoms with Crippen LogP contribution in [-0.4, -0.2) is 64.4 Å². The summed E-state index contributed by atoms with van der Waals surface area (Å²) in [6, 6.07) is 7.79. The first-order chi connectivity index (χ1) is 19.2. The van der Waals surface area contributed by atoms with E-state index in [1.807, 2.05) is 0 Å². The van der Waals surface area contributed by atoms with Gasteiger partial charge in [0, 0.05) is 24.3 Å². The Kier molecular flexibility index (Phi) is 8.58. The Morgan fingerprint density at radius 1 is 1.12 bits per heavy atom. The van der Waals surface area contributed by atoms with Gasteiger partial charge in [0.1, 0.15) is 29.5 Å². The molecule has 2 aromatic carbocycles. The molecule has 1 aliphatic heterocycles. The van der Waals surface area contributed by atoms with E-state index in [1.165, 1.54) is 21.6 Å². The zero-order valence-electron chi connectivity index (χ0n) is 23.7. The number of ether oxygens (including phenoxy) is 1. The number of alkyl halides is 1. The fourth-order valence-corrected chi connectivity index (χ4v) is 5.10. The van der Waals surface area contributed by atoms with Crippen LogP contribution in [0.25, 0.3) is 22.3 Å². The highest BCUT2D eigenvalue weighted by Crippen LogP contribution is 2.30. The van der Waals surface area contributed by atoms with Crippen molar-refractivity contribution < 1.29 is 23.1 Å². The van der Waals surface area contributed by atoms with E-state index in [1.54, 1.807) is 57.7 Å². The highest BCUT2D eigenvalue weighted by Gasteiger charge is 2.31. The molecule has 1 aromatic heterocycles. The number of anilines is 1. The lowest BCUT2D eigenvalue weighted by Crippen LogP contribution is -2.40. The number of nitrogens with two attached hydrogens (primary N) is 1. The minimum Gasteiger partial charge on any atom is -0.444 e. The van der Waals surface area contributed by atoms with Crippen LogP contribution in [0.4, 0.5) is 19.3 Å². The molecule has 2 heterocycles. The second-order valence-corrected chi connectivity index (χ2v) is 11.9. The quantitative estimate of drug-likeness (QED) is 0.452. The summed E-state index contributed by atoms with van der Waals surface area (Å²) in [6.45, 7) is 9.13. The molecule has 12 heteroatoms. The van der Waals surface area contributed by atoms with Crippen molar-refractivity contribution in [3.05, 3.63) is 57.6 Å². The summed E-state index contributed by atoms with van der Waals surface area (Å²) in [5.41, 5.74) is 5.69. The molecule has 0 spiro atoms. The van der Waals surface area contributed by atoms with Gasteiger partial charge in [-0.3, -0.25) is 14.2 Å². The molecular formula is C29H34ClF2N5O4. The number of carbonyl (C=O) groups is 2. The number of primary amides is 1. The maximum Gasteiger partial charge on any atom is 0.410 e. The number of fused-ring (bicyclic) bond motifs is 1. The molecule has 2 atom stereocenters. The molecule has 0 saturated carbocycles. The first kappa shape index (κ1) is 30.2. The zero-order valence-corrected chi connectivity index (χ0v) is 24.4. The van der Waals surface area contributed by atoms with Crippen molar-refractivity contribution in [2.24, 2.45) is 11.7 Å². The third-order valence-electron chi connectivity index (χ3n) is 6.76. The fraction of sp³-hybridized carbons (Fsp3) is 0.448. The van der Waals surface area contributed by atoms with Crippen LogP contribution in [0.1, 0.15) is 40.7 Å². The van der Waals surface area contributed by atoms with Crippen LogP contribution < -0.4 is 16.2 Å². The number of carbonyl (C=O) groups excluding carboxylic acids is 2. The lowest BCUT2D eigenvalue weighted by Gasteiger charge is -2.27. The summed E-state index contributed by atoms with van der Waals surface area (Å²) >= 11 is 6.02. The summed E-state index contributed by atoms with van der Waals surface area (Å²) in [5, 5.41) is 0.0243. The topological polar surface area (TPSA) is 111 Å². The third kappa shape index (κ3) is 6.61. The van der Waals surface area contributed by atoms with Gasteiger partial charge < -0.3 is 20.3 Å². The monoisotopic (exact) mass is 589 g/mol. The highest BCUT2D eigenvalue weighted by molar-refractivity contribution is 6.31. The normalized spacial score (nSPS) is 17.0. The molecule has 220 valence electrons. The summed E-state index contributed by atoms with van der Waals surface area (Å²) in [6.07, 6.45) is -1.95. The van der Waals surface area contributed by atoms with Gasteiger partial charge in [-0.25, -0.2) is 18.6 Å². The van der Waals surface area contributed by atoms with E-state index >= 15 is 4.39 Å². The predicted octanol–water partition coefficient (Wildman–Crippen LogP) is 4.93. The van der Waals surface area contributed by atoms with E-state index in [2.05, 4.69) is 4.98 Å². The van der Waals surface area contributed by atoms with Gasteiger partial charge >= 0.3 is 6.09 Å². The number of rotatable bonds is 5. The van der Waals surface area contributed by atoms with Gasteiger partial charge in [0.2, 0.25) is 5.91 Å². The van der Waals surface area contributed by atoms with E-state index < -0.39 is 41.2 Å². The van der Waals surface area contributed by atoms with Crippen LogP contribution in [0.3, 0.4) is 0 Å². The fourth-order valence-electron chi connectivity index (χ4n) is 4.92. The van der Waals surface area contributed by atoms with Crippen molar-refractivity contribution in [3.63, 3.8) is 0 Å². The van der Waals surface area contributed by atoms with Gasteiger partial charge in [0.25, 0.3) is 5.56 Å². The minimum absolute atomic E-state index is 0.00547. The first-order valence-corrected chi connectivity index (χ1v) is 13.7. The molecule has 2 amide bonds. The standard InChI is InChI=1S/C29H34ClF2N5O4/c1-16(2)24(25(33)38)37-26(17-6-8-22(32)21(30)12-17)34-23-9-7-19(13-20(23)27(37)39)35-10-11-36(15-18(31)14-35)28(40)41-29(3,4)5/h6-9,12-13,16,18,24H,10-11,14-15H2,1-5H3,(H2,33,38). The number of hydrogen-bond acceptors (Lipinski definition) is 6. The Balaban J connectivity index is 1.79. The number of amides is 2. The Labute approximate surface area is 241 Å². The third-order valence-corrected chi connectivity index (χ3v) is 7.05. The second-order valence-electron chi connectivity index (χ2n) is 11.5. The van der Waals surface area contributed by atoms with E-state index in [0.717, 1.165) is 6.07 Å². The zero-order chi connectivity index (χ0) is 30.2. The summed E-state index contributed by atoms with van der Waals surface area (Å²) in [7, 11) is 0. The highest BCUT2D eigenvalue weighted by atomic mass is 35.5. The molecule has 9 nitrogen and oxygen atoms in total. The molecule has 0 aliphatic carbocycles. The van der Waals surface area contributed by atoms with Crippen LogP contribution in [0.5, 0.6) is 0 Å². The van der Waals surface area contributed by atoms with E-state index in [0.29, 0.717) is 23.3 Å². The number of hydrogen-bond donors (Lipinski definition) is 1. The smallest absolute Gasteiger partial charge is 0.410 e. The molecule has 1 fully saturated rings. The van der Waals surface area contributed by atoms with Crippen molar-refractivity contribution in [1.29, 1.82) is 0 Å². The molecule has 41 heavy (non-hydrogen) atoms. The van der Waals surface area contributed by atoms with E-state index in [9.17, 15) is 18.8 Å². The van der Waals surface area contributed by atoms with Crippen LogP contribution in [0.15, 0.2) is 41.2 Å². The van der Waals surface area contributed by atoms with Gasteiger partial charge in [-0.1, -0.05) is 25.4 Å². The molecule has 0 bridgehead atoms. The average Bonchev–Trinajstić information content (AvgIpc) is 3.07. The molecule has 3 aromatic rings. The lowest BCUT2D eigenvalue weighted by atomic mass is 10.0. The number of nitrogens with zero attached hydrogens (tertiary/aromatic N) is 4.